The summed E-state index contributed by atoms with van der Waals surface area (Å²) in [6.07, 6.45) is 0. The van der Waals surface area contributed by atoms with Crippen LogP contribution in [0.2, 0.25) is 0 Å². The number of nitrogens with one attached hydrogen (secondary N) is 1. The van der Waals surface area contributed by atoms with Gasteiger partial charge in [0.1, 0.15) is 22.1 Å². The van der Waals surface area contributed by atoms with Crippen molar-refractivity contribution in [2.75, 3.05) is 12.4 Å². The van der Waals surface area contributed by atoms with Gasteiger partial charge < -0.3 is 10.4 Å². The molecule has 1 unspecified atom stereocenters. The van der Waals surface area contributed by atoms with Crippen molar-refractivity contribution in [3.8, 4) is 0 Å². The minimum Gasteiger partial charge on any atom is -0.480 e. The van der Waals surface area contributed by atoms with Crippen molar-refractivity contribution in [1.82, 2.24) is 20.0 Å². The lowest BCUT2D eigenvalue weighted by molar-refractivity contribution is -0.136. The Morgan fingerprint density at radius 1 is 0.805 bits per heavy atom. The topological polar surface area (TPSA) is 92.9 Å². The molecule has 41 heavy (non-hydrogen) atoms. The van der Waals surface area contributed by atoms with Crippen LogP contribution in [0, 0.1) is 0 Å². The molecule has 8 heteroatoms. The van der Waals surface area contributed by atoms with Gasteiger partial charge >= 0.3 is 5.97 Å². The van der Waals surface area contributed by atoms with Crippen molar-refractivity contribution in [3.05, 3.63) is 150 Å². The zero-order chi connectivity index (χ0) is 28.2. The maximum absolute atomic E-state index is 12.4. The summed E-state index contributed by atoms with van der Waals surface area (Å²) in [6.45, 7) is 0. The molecular weight excluding hydrogens is 530 g/mol. The van der Waals surface area contributed by atoms with Gasteiger partial charge in [0, 0.05) is 11.9 Å². The van der Waals surface area contributed by atoms with Crippen molar-refractivity contribution in [2.45, 2.75) is 15.7 Å². The number of benzene rings is 4. The van der Waals surface area contributed by atoms with Crippen LogP contribution in [0.5, 0.6) is 0 Å². The van der Waals surface area contributed by atoms with Crippen LogP contribution in [0.4, 0.5) is 5.82 Å². The van der Waals surface area contributed by atoms with E-state index in [-0.39, 0.29) is 0 Å². The normalized spacial score (nSPS) is 12.2. The lowest BCUT2D eigenvalue weighted by atomic mass is 9.77. The first-order chi connectivity index (χ1) is 20.1. The number of aromatic nitrogens is 4. The van der Waals surface area contributed by atoms with Crippen molar-refractivity contribution in [2.24, 2.45) is 0 Å². The number of nitrogens with zero attached hydrogens (tertiary/aromatic N) is 4. The Balaban J connectivity index is 1.65. The molecule has 6 rings (SSSR count). The fourth-order valence-corrected chi connectivity index (χ4v) is 6.31. The summed E-state index contributed by atoms with van der Waals surface area (Å²) in [7, 11) is 1.79. The van der Waals surface area contributed by atoms with Crippen LogP contribution in [0.25, 0.3) is 11.2 Å². The second-order valence-electron chi connectivity index (χ2n) is 9.48. The van der Waals surface area contributed by atoms with Crippen molar-refractivity contribution < 1.29 is 9.90 Å². The van der Waals surface area contributed by atoms with E-state index >= 15 is 0 Å². The summed E-state index contributed by atoms with van der Waals surface area (Å²) in [5, 5.41) is 21.9. The summed E-state index contributed by atoms with van der Waals surface area (Å²) in [5.74, 6) is -0.347. The highest BCUT2D eigenvalue weighted by Gasteiger charge is 2.41. The van der Waals surface area contributed by atoms with Crippen molar-refractivity contribution >= 4 is 34.7 Å². The molecule has 0 radical (unpaired) electrons. The minimum atomic E-state index is -0.934. The van der Waals surface area contributed by atoms with Crippen molar-refractivity contribution in [3.63, 3.8) is 0 Å². The van der Waals surface area contributed by atoms with Crippen LogP contribution < -0.4 is 5.32 Å². The number of thioether (sulfide) groups is 1. The Kier molecular flexibility index (Phi) is 7.22. The van der Waals surface area contributed by atoms with E-state index < -0.39 is 16.8 Å². The lowest BCUT2D eigenvalue weighted by Gasteiger charge is -2.36. The second-order valence-corrected chi connectivity index (χ2v) is 10.6. The van der Waals surface area contributed by atoms with Gasteiger partial charge in [0.05, 0.1) is 0 Å². The van der Waals surface area contributed by atoms with Gasteiger partial charge in [-0.3, -0.25) is 4.79 Å². The van der Waals surface area contributed by atoms with Gasteiger partial charge in [0.15, 0.2) is 5.65 Å². The number of carboxylic acids is 1. The lowest BCUT2D eigenvalue weighted by Crippen LogP contribution is -2.38. The molecule has 2 heterocycles. The molecule has 6 aromatic rings. The van der Waals surface area contributed by atoms with Crippen LogP contribution in [-0.2, 0) is 10.3 Å². The Bertz CT molecular complexity index is 1680. The fraction of sp³-hybridized carbons (Fsp3) is 0.0909. The number of hydrogen-bond acceptors (Lipinski definition) is 6. The zero-order valence-electron chi connectivity index (χ0n) is 22.3. The zero-order valence-corrected chi connectivity index (χ0v) is 23.1. The Labute approximate surface area is 241 Å². The second kappa shape index (κ2) is 11.3. The molecule has 0 spiro atoms. The number of rotatable bonds is 9. The molecule has 0 bridgehead atoms. The monoisotopic (exact) mass is 557 g/mol. The highest BCUT2D eigenvalue weighted by atomic mass is 32.2. The maximum Gasteiger partial charge on any atom is 0.321 e. The highest BCUT2D eigenvalue weighted by Crippen LogP contribution is 2.44. The molecule has 0 saturated heterocycles. The van der Waals surface area contributed by atoms with Crippen LogP contribution in [0.3, 0.4) is 0 Å². The predicted octanol–water partition coefficient (Wildman–Crippen LogP) is 6.63. The van der Waals surface area contributed by atoms with E-state index in [0.29, 0.717) is 27.4 Å². The first-order valence-electron chi connectivity index (χ1n) is 13.2. The van der Waals surface area contributed by atoms with Crippen molar-refractivity contribution in [1.29, 1.82) is 0 Å². The third-order valence-electron chi connectivity index (χ3n) is 7.09. The smallest absolute Gasteiger partial charge is 0.321 e. The quantitative estimate of drug-likeness (QED) is 0.152. The van der Waals surface area contributed by atoms with Gasteiger partial charge in [-0.15, -0.1) is 16.9 Å². The van der Waals surface area contributed by atoms with Gasteiger partial charge in [0.2, 0.25) is 0 Å². The molecule has 2 aromatic heterocycles. The number of aliphatic carboxylic acids is 1. The molecule has 2 N–H and O–H groups in total. The van der Waals surface area contributed by atoms with Crippen LogP contribution in [0.1, 0.15) is 27.5 Å². The summed E-state index contributed by atoms with van der Waals surface area (Å²) in [6, 6.07) is 41.6. The summed E-state index contributed by atoms with van der Waals surface area (Å²) in [4.78, 5) is 18.0. The number of carboxylic acid groups (broad SMARTS) is 1. The van der Waals surface area contributed by atoms with E-state index in [9.17, 15) is 9.90 Å². The molecule has 0 amide bonds. The first-order valence-corrected chi connectivity index (χ1v) is 14.1. The van der Waals surface area contributed by atoms with E-state index in [1.54, 1.807) is 7.05 Å². The number of fused-ring (bicyclic) bond motifs is 1. The average molecular weight is 558 g/mol. The number of carbonyl (C=O) groups is 1. The molecule has 4 aromatic carbocycles. The molecular formula is C33H27N5O2S. The van der Waals surface area contributed by atoms with E-state index in [2.05, 4.69) is 46.8 Å². The van der Waals surface area contributed by atoms with Gasteiger partial charge in [-0.25, -0.2) is 9.67 Å². The molecule has 7 nitrogen and oxygen atoms in total. The largest absolute Gasteiger partial charge is 0.480 e. The van der Waals surface area contributed by atoms with Gasteiger partial charge in [-0.1, -0.05) is 127 Å². The van der Waals surface area contributed by atoms with E-state index in [4.69, 9.17) is 10.2 Å². The third kappa shape index (κ3) is 4.72. The number of anilines is 1. The minimum absolute atomic E-state index is 0.531. The molecule has 0 aliphatic rings. The van der Waals surface area contributed by atoms with E-state index in [0.717, 1.165) is 16.7 Å². The SMILES string of the molecule is CNc1cc(SC(C(=O)O)c2ccccc2)c2nnn(C(c3ccccc3)(c3ccccc3)c3ccccc3)c2n1. The molecule has 1 atom stereocenters. The summed E-state index contributed by atoms with van der Waals surface area (Å²) >= 11 is 1.22. The Hall–Kier alpha value is -4.95. The molecule has 0 fully saturated rings. The average Bonchev–Trinajstić information content (AvgIpc) is 3.46. The van der Waals surface area contributed by atoms with E-state index in [1.807, 2.05) is 95.7 Å². The number of hydrogen-bond donors (Lipinski definition) is 2. The van der Waals surface area contributed by atoms with Crippen LogP contribution in [-0.4, -0.2) is 38.1 Å². The first kappa shape index (κ1) is 26.3. The molecule has 0 saturated carbocycles. The molecule has 202 valence electrons. The Morgan fingerprint density at radius 3 is 1.76 bits per heavy atom. The van der Waals surface area contributed by atoms with Gasteiger partial charge in [-0.05, 0) is 28.3 Å². The standard InChI is InChI=1S/C33H27N5O2S/c1-34-28-22-27(41-30(32(39)40)23-14-6-2-7-15-23)29-31(35-28)38(37-36-29)33(24-16-8-3-9-17-24,25-18-10-4-11-19-25)26-20-12-5-13-21-26/h2-22,30H,1H3,(H,34,35)(H,39,40). The predicted molar refractivity (Wildman–Crippen MR) is 162 cm³/mol. The number of pyridine rings is 1. The van der Waals surface area contributed by atoms with Gasteiger partial charge in [0.25, 0.3) is 0 Å². The molecule has 0 aliphatic carbocycles. The summed E-state index contributed by atoms with van der Waals surface area (Å²) < 4.78 is 1.87. The van der Waals surface area contributed by atoms with E-state index in [1.165, 1.54) is 11.8 Å². The molecule has 0 aliphatic heterocycles. The third-order valence-corrected chi connectivity index (χ3v) is 8.37. The summed E-state index contributed by atoms with van der Waals surface area (Å²) in [5.41, 5.74) is 3.82. The van der Waals surface area contributed by atoms with Crippen LogP contribution >= 0.6 is 11.8 Å². The van der Waals surface area contributed by atoms with Gasteiger partial charge in [-0.2, -0.15) is 0 Å². The fourth-order valence-electron chi connectivity index (χ4n) is 5.24. The Morgan fingerprint density at radius 2 is 1.29 bits per heavy atom. The maximum atomic E-state index is 12.4. The van der Waals surface area contributed by atoms with Crippen LogP contribution in [0.15, 0.2) is 132 Å². The highest BCUT2D eigenvalue weighted by molar-refractivity contribution is 8.00.